The van der Waals surface area contributed by atoms with Gasteiger partial charge in [0.05, 0.1) is 30.7 Å². The molecular weight excluding hydrogens is 376 g/mol. The van der Waals surface area contributed by atoms with Crippen molar-refractivity contribution in [1.82, 2.24) is 5.01 Å². The third kappa shape index (κ3) is 2.41. The maximum Gasteiger partial charge on any atom is 0.254 e. The summed E-state index contributed by atoms with van der Waals surface area (Å²) in [5.41, 5.74) is 1.11. The van der Waals surface area contributed by atoms with Gasteiger partial charge in [0.25, 0.3) is 5.91 Å². The van der Waals surface area contributed by atoms with Crippen molar-refractivity contribution in [3.63, 3.8) is 0 Å². The second-order valence-corrected chi connectivity index (χ2v) is 9.40. The minimum Gasteiger partial charge on any atom is -0.497 e. The second-order valence-electron chi connectivity index (χ2n) is 9.40. The lowest BCUT2D eigenvalue weighted by Gasteiger charge is -2.34. The number of amides is 2. The van der Waals surface area contributed by atoms with Crippen LogP contribution in [0.3, 0.4) is 0 Å². The summed E-state index contributed by atoms with van der Waals surface area (Å²) in [5, 5.41) is 3.47. The van der Waals surface area contributed by atoms with Gasteiger partial charge in [-0.05, 0) is 60.4 Å². The molecule has 1 aliphatic heterocycles. The zero-order valence-corrected chi connectivity index (χ0v) is 17.8. The maximum absolute atomic E-state index is 13.9. The van der Waals surface area contributed by atoms with Crippen molar-refractivity contribution in [2.45, 2.75) is 45.6 Å². The summed E-state index contributed by atoms with van der Waals surface area (Å²) < 4.78 is 5.23. The van der Waals surface area contributed by atoms with E-state index in [-0.39, 0.29) is 29.7 Å². The first-order valence-corrected chi connectivity index (χ1v) is 10.7. The molecule has 3 atom stereocenters. The van der Waals surface area contributed by atoms with Crippen molar-refractivity contribution in [2.75, 3.05) is 12.1 Å². The van der Waals surface area contributed by atoms with Crippen molar-refractivity contribution in [3.05, 3.63) is 60.2 Å². The Labute approximate surface area is 177 Å². The fourth-order valence-corrected chi connectivity index (χ4v) is 6.28. The molecule has 2 aromatic carbocycles. The number of hydrazine groups is 1. The minimum atomic E-state index is -0.483. The summed E-state index contributed by atoms with van der Waals surface area (Å²) in [5.74, 6) is 1.32. The van der Waals surface area contributed by atoms with Crippen LogP contribution in [0, 0.1) is 16.7 Å². The summed E-state index contributed by atoms with van der Waals surface area (Å²) in [6, 6.07) is 17.1. The number of methoxy groups -OCH3 is 1. The van der Waals surface area contributed by atoms with Crippen LogP contribution >= 0.6 is 0 Å². The molecular formula is C25H28N2O3. The first-order valence-electron chi connectivity index (χ1n) is 10.7. The molecule has 1 saturated heterocycles. The molecule has 5 nitrogen and oxygen atoms in total. The van der Waals surface area contributed by atoms with Crippen molar-refractivity contribution in [1.29, 1.82) is 0 Å². The number of rotatable bonds is 4. The number of carbonyl (C=O) groups excluding carboxylic acids is 2. The largest absolute Gasteiger partial charge is 0.497 e. The molecule has 5 rings (SSSR count). The van der Waals surface area contributed by atoms with Crippen LogP contribution in [0.1, 0.15) is 38.7 Å². The topological polar surface area (TPSA) is 49.9 Å². The molecule has 5 heteroatoms. The summed E-state index contributed by atoms with van der Waals surface area (Å²) >= 11 is 0. The quantitative estimate of drug-likeness (QED) is 0.767. The number of nitrogens with zero attached hydrogens (tertiary/aromatic N) is 2. The Morgan fingerprint density at radius 1 is 1.10 bits per heavy atom. The Hall–Kier alpha value is -2.82. The average molecular weight is 405 g/mol. The Kier molecular flexibility index (Phi) is 4.21. The first kappa shape index (κ1) is 19.2. The molecule has 2 bridgehead atoms. The predicted molar refractivity (Wildman–Crippen MR) is 115 cm³/mol. The van der Waals surface area contributed by atoms with Crippen LogP contribution in [-0.4, -0.2) is 30.0 Å². The van der Waals surface area contributed by atoms with Crippen LogP contribution in [0.2, 0.25) is 0 Å². The van der Waals surface area contributed by atoms with Crippen LogP contribution in [0.5, 0.6) is 5.75 Å². The summed E-state index contributed by atoms with van der Waals surface area (Å²) in [4.78, 5) is 27.6. The monoisotopic (exact) mass is 404 g/mol. The van der Waals surface area contributed by atoms with Crippen LogP contribution in [0.25, 0.3) is 0 Å². The predicted octanol–water partition coefficient (Wildman–Crippen LogP) is 4.22. The van der Waals surface area contributed by atoms with Crippen molar-refractivity contribution < 1.29 is 14.3 Å². The zero-order valence-electron chi connectivity index (χ0n) is 17.8. The number of carbonyl (C=O) groups is 2. The fraction of sp³-hybridized carbons (Fsp3) is 0.440. The van der Waals surface area contributed by atoms with Gasteiger partial charge in [0.2, 0.25) is 5.91 Å². The van der Waals surface area contributed by atoms with Gasteiger partial charge in [-0.15, -0.1) is 0 Å². The van der Waals surface area contributed by atoms with Crippen LogP contribution in [0.15, 0.2) is 54.6 Å². The van der Waals surface area contributed by atoms with E-state index in [0.717, 1.165) is 36.3 Å². The number of hydrogen-bond donors (Lipinski definition) is 0. The van der Waals surface area contributed by atoms with Crippen LogP contribution in [0.4, 0.5) is 5.69 Å². The minimum absolute atomic E-state index is 0.0254. The van der Waals surface area contributed by atoms with Crippen molar-refractivity contribution in [2.24, 2.45) is 16.7 Å². The molecule has 2 saturated carbocycles. The molecule has 3 fully saturated rings. The van der Waals surface area contributed by atoms with E-state index in [9.17, 15) is 9.59 Å². The van der Waals surface area contributed by atoms with E-state index >= 15 is 0 Å². The van der Waals surface area contributed by atoms with Gasteiger partial charge in [0, 0.05) is 0 Å². The molecule has 3 aliphatic rings. The number of benzene rings is 2. The fourth-order valence-electron chi connectivity index (χ4n) is 6.28. The molecule has 0 aromatic heterocycles. The highest BCUT2D eigenvalue weighted by Gasteiger charge is 2.75. The lowest BCUT2D eigenvalue weighted by molar-refractivity contribution is -0.134. The second kappa shape index (κ2) is 6.59. The zero-order chi connectivity index (χ0) is 21.1. The number of fused-ring (bicyclic) bond motifs is 1. The molecule has 156 valence electrons. The van der Waals surface area contributed by atoms with E-state index in [0.29, 0.717) is 5.92 Å². The molecule has 1 spiro atoms. The number of ether oxygens (including phenoxy) is 1. The van der Waals surface area contributed by atoms with Crippen LogP contribution < -0.4 is 9.75 Å². The highest BCUT2D eigenvalue weighted by molar-refractivity contribution is 6.05. The van der Waals surface area contributed by atoms with E-state index in [1.807, 2.05) is 54.6 Å². The highest BCUT2D eigenvalue weighted by Crippen LogP contribution is 2.70. The molecule has 30 heavy (non-hydrogen) atoms. The van der Waals surface area contributed by atoms with Crippen molar-refractivity contribution in [3.8, 4) is 5.75 Å². The maximum atomic E-state index is 13.9. The van der Waals surface area contributed by atoms with Gasteiger partial charge in [-0.3, -0.25) is 9.59 Å². The number of anilines is 1. The molecule has 0 N–H and O–H groups in total. The molecule has 0 radical (unpaired) electrons. The molecule has 1 heterocycles. The Balaban J connectivity index is 1.54. The van der Waals surface area contributed by atoms with E-state index < -0.39 is 5.41 Å². The van der Waals surface area contributed by atoms with Gasteiger partial charge in [-0.2, -0.15) is 0 Å². The van der Waals surface area contributed by atoms with E-state index in [4.69, 9.17) is 4.74 Å². The molecule has 2 amide bonds. The van der Waals surface area contributed by atoms with Gasteiger partial charge in [-0.1, -0.05) is 44.2 Å². The van der Waals surface area contributed by atoms with Crippen molar-refractivity contribution >= 4 is 17.5 Å². The molecule has 2 aliphatic carbocycles. The van der Waals surface area contributed by atoms with Crippen LogP contribution in [-0.2, 0) is 16.0 Å². The molecule has 2 aromatic rings. The first-order chi connectivity index (χ1) is 14.4. The van der Waals surface area contributed by atoms with Gasteiger partial charge >= 0.3 is 0 Å². The average Bonchev–Trinajstić information content (AvgIpc) is 3.27. The normalized spacial score (nSPS) is 28.7. The SMILES string of the molecule is COc1ccc(CC(=O)N2[C@@H]3C[C@H]4CC[C@]3(C(=O)N2c2ccccc2)C4(C)C)cc1. The number of para-hydroxylation sites is 1. The lowest BCUT2D eigenvalue weighted by atomic mass is 9.67. The van der Waals surface area contributed by atoms with Gasteiger partial charge in [0.15, 0.2) is 0 Å². The smallest absolute Gasteiger partial charge is 0.254 e. The third-order valence-corrected chi connectivity index (χ3v) is 7.99. The summed E-state index contributed by atoms with van der Waals surface area (Å²) in [7, 11) is 1.63. The van der Waals surface area contributed by atoms with E-state index in [1.54, 1.807) is 17.1 Å². The Bertz CT molecular complexity index is 985. The van der Waals surface area contributed by atoms with E-state index in [2.05, 4.69) is 13.8 Å². The molecule has 0 unspecified atom stereocenters. The van der Waals surface area contributed by atoms with Gasteiger partial charge in [-0.25, -0.2) is 10.0 Å². The lowest BCUT2D eigenvalue weighted by Crippen LogP contribution is -2.48. The highest BCUT2D eigenvalue weighted by atomic mass is 16.5. The van der Waals surface area contributed by atoms with E-state index in [1.165, 1.54) is 0 Å². The third-order valence-electron chi connectivity index (χ3n) is 7.99. The summed E-state index contributed by atoms with van der Waals surface area (Å²) in [6.45, 7) is 4.45. The summed E-state index contributed by atoms with van der Waals surface area (Å²) in [6.07, 6.45) is 3.09. The van der Waals surface area contributed by atoms with Gasteiger partial charge < -0.3 is 4.74 Å². The number of hydrogen-bond acceptors (Lipinski definition) is 3. The van der Waals surface area contributed by atoms with Gasteiger partial charge in [0.1, 0.15) is 5.75 Å². The Morgan fingerprint density at radius 3 is 2.43 bits per heavy atom. The Morgan fingerprint density at radius 2 is 1.80 bits per heavy atom. The standard InChI is InChI=1S/C25H28N2O3/c1-24(2)18-13-14-25(24)21(16-18)27(26(23(25)29)19-7-5-4-6-8-19)22(28)15-17-9-11-20(30-3)12-10-17/h4-12,18,21H,13-16H2,1-3H3/t18-,21-,25+/m1/s1.